The quantitative estimate of drug-likeness (QED) is 0.898. The zero-order valence-corrected chi connectivity index (χ0v) is 13.6. The molecule has 0 spiro atoms. The summed E-state index contributed by atoms with van der Waals surface area (Å²) in [5.74, 6) is 0. The van der Waals surface area contributed by atoms with Crippen LogP contribution in [-0.4, -0.2) is 46.9 Å². The molecule has 0 radical (unpaired) electrons. The van der Waals surface area contributed by atoms with E-state index in [9.17, 15) is 9.90 Å². The Bertz CT molecular complexity index is 484. The SMILES string of the molecule is CC(C)(C)OC(=O)N1CCC(O)C(NCc2ccccc2)C1. The molecule has 0 aromatic heterocycles. The zero-order valence-electron chi connectivity index (χ0n) is 13.6. The molecule has 1 aromatic rings. The number of nitrogens with zero attached hydrogens (tertiary/aromatic N) is 1. The Morgan fingerprint density at radius 2 is 2.05 bits per heavy atom. The number of hydrogen-bond acceptors (Lipinski definition) is 4. The standard InChI is InChI=1S/C17H26N2O3/c1-17(2,3)22-16(21)19-10-9-15(20)14(12-19)18-11-13-7-5-4-6-8-13/h4-8,14-15,18,20H,9-12H2,1-3H3. The van der Waals surface area contributed by atoms with Crippen LogP contribution in [0.1, 0.15) is 32.8 Å². The van der Waals surface area contributed by atoms with Crippen molar-refractivity contribution in [2.45, 2.75) is 51.5 Å². The van der Waals surface area contributed by atoms with E-state index in [4.69, 9.17) is 4.74 Å². The number of rotatable bonds is 3. The first-order valence-corrected chi connectivity index (χ1v) is 7.78. The molecule has 0 bridgehead atoms. The van der Waals surface area contributed by atoms with Crippen LogP contribution in [0.2, 0.25) is 0 Å². The van der Waals surface area contributed by atoms with Crippen molar-refractivity contribution in [1.29, 1.82) is 0 Å². The van der Waals surface area contributed by atoms with Gasteiger partial charge in [-0.25, -0.2) is 4.79 Å². The minimum absolute atomic E-state index is 0.138. The van der Waals surface area contributed by atoms with Gasteiger partial charge in [0.1, 0.15) is 5.60 Å². The van der Waals surface area contributed by atoms with Gasteiger partial charge in [-0.2, -0.15) is 0 Å². The van der Waals surface area contributed by atoms with Gasteiger partial charge >= 0.3 is 6.09 Å². The molecule has 2 N–H and O–H groups in total. The molecule has 1 heterocycles. The summed E-state index contributed by atoms with van der Waals surface area (Å²) in [5.41, 5.74) is 0.657. The Labute approximate surface area is 132 Å². The Balaban J connectivity index is 1.89. The fourth-order valence-electron chi connectivity index (χ4n) is 2.48. The summed E-state index contributed by atoms with van der Waals surface area (Å²) >= 11 is 0. The molecule has 2 unspecified atom stereocenters. The van der Waals surface area contributed by atoms with E-state index in [0.29, 0.717) is 26.1 Å². The van der Waals surface area contributed by atoms with Crippen LogP contribution in [-0.2, 0) is 11.3 Å². The highest BCUT2D eigenvalue weighted by atomic mass is 16.6. The minimum Gasteiger partial charge on any atom is -0.444 e. The predicted molar refractivity (Wildman–Crippen MR) is 85.5 cm³/mol. The summed E-state index contributed by atoms with van der Waals surface area (Å²) in [7, 11) is 0. The van der Waals surface area contributed by atoms with Crippen LogP contribution < -0.4 is 5.32 Å². The van der Waals surface area contributed by atoms with Gasteiger partial charge in [0.15, 0.2) is 0 Å². The lowest BCUT2D eigenvalue weighted by Gasteiger charge is -2.37. The van der Waals surface area contributed by atoms with Crippen LogP contribution in [0.4, 0.5) is 4.79 Å². The molecule has 0 aliphatic carbocycles. The maximum Gasteiger partial charge on any atom is 0.410 e. The second-order valence-corrected chi connectivity index (χ2v) is 6.76. The van der Waals surface area contributed by atoms with Crippen LogP contribution in [0.3, 0.4) is 0 Å². The highest BCUT2D eigenvalue weighted by Gasteiger charge is 2.32. The average Bonchev–Trinajstić information content (AvgIpc) is 2.45. The number of nitrogens with one attached hydrogen (secondary N) is 1. The lowest BCUT2D eigenvalue weighted by Crippen LogP contribution is -2.55. The van der Waals surface area contributed by atoms with Crippen LogP contribution >= 0.6 is 0 Å². The number of piperidine rings is 1. The fraction of sp³-hybridized carbons (Fsp3) is 0.588. The molecule has 0 saturated carbocycles. The fourth-order valence-corrected chi connectivity index (χ4v) is 2.48. The van der Waals surface area contributed by atoms with Gasteiger partial charge < -0.3 is 20.1 Å². The van der Waals surface area contributed by atoms with Crippen molar-refractivity contribution in [2.75, 3.05) is 13.1 Å². The predicted octanol–water partition coefficient (Wildman–Crippen LogP) is 2.15. The van der Waals surface area contributed by atoms with Crippen molar-refractivity contribution in [1.82, 2.24) is 10.2 Å². The number of amides is 1. The van der Waals surface area contributed by atoms with Gasteiger partial charge in [-0.15, -0.1) is 0 Å². The van der Waals surface area contributed by atoms with Crippen molar-refractivity contribution >= 4 is 6.09 Å². The monoisotopic (exact) mass is 306 g/mol. The van der Waals surface area contributed by atoms with Gasteiger partial charge in [0, 0.05) is 19.6 Å². The number of hydrogen-bond donors (Lipinski definition) is 2. The summed E-state index contributed by atoms with van der Waals surface area (Å²) in [6, 6.07) is 9.88. The summed E-state index contributed by atoms with van der Waals surface area (Å²) in [6.45, 7) is 7.23. The van der Waals surface area contributed by atoms with Crippen LogP contribution in [0.25, 0.3) is 0 Å². The normalized spacial score (nSPS) is 22.5. The summed E-state index contributed by atoms with van der Waals surface area (Å²) in [6.07, 6.45) is -0.195. The van der Waals surface area contributed by atoms with Crippen molar-refractivity contribution in [3.63, 3.8) is 0 Å². The van der Waals surface area contributed by atoms with Crippen LogP contribution in [0, 0.1) is 0 Å². The van der Waals surface area contributed by atoms with Gasteiger partial charge in [0.2, 0.25) is 0 Å². The zero-order chi connectivity index (χ0) is 16.2. The lowest BCUT2D eigenvalue weighted by atomic mass is 10.0. The molecule has 1 fully saturated rings. The van der Waals surface area contributed by atoms with Gasteiger partial charge in [-0.1, -0.05) is 30.3 Å². The maximum atomic E-state index is 12.1. The number of carbonyl (C=O) groups excluding carboxylic acids is 1. The first-order chi connectivity index (χ1) is 10.3. The number of likely N-dealkylation sites (tertiary alicyclic amines) is 1. The van der Waals surface area contributed by atoms with Gasteiger partial charge in [-0.3, -0.25) is 0 Å². The van der Waals surface area contributed by atoms with E-state index >= 15 is 0 Å². The first-order valence-electron chi connectivity index (χ1n) is 7.78. The third-order valence-electron chi connectivity index (χ3n) is 3.64. The molecule has 1 aromatic carbocycles. The summed E-state index contributed by atoms with van der Waals surface area (Å²) in [4.78, 5) is 13.8. The number of benzene rings is 1. The summed E-state index contributed by atoms with van der Waals surface area (Å²) < 4.78 is 5.40. The van der Waals surface area contributed by atoms with E-state index in [-0.39, 0.29) is 12.1 Å². The van der Waals surface area contributed by atoms with Crippen LogP contribution in [0.5, 0.6) is 0 Å². The van der Waals surface area contributed by atoms with Gasteiger partial charge in [0.05, 0.1) is 12.1 Å². The van der Waals surface area contributed by atoms with E-state index in [2.05, 4.69) is 5.32 Å². The molecular weight excluding hydrogens is 280 g/mol. The van der Waals surface area contributed by atoms with E-state index in [1.807, 2.05) is 51.1 Å². The molecular formula is C17H26N2O3. The van der Waals surface area contributed by atoms with Gasteiger partial charge in [-0.05, 0) is 32.8 Å². The summed E-state index contributed by atoms with van der Waals surface area (Å²) in [5, 5.41) is 13.5. The molecule has 2 atom stereocenters. The number of ether oxygens (including phenoxy) is 1. The molecule has 1 saturated heterocycles. The van der Waals surface area contributed by atoms with Crippen LogP contribution in [0.15, 0.2) is 30.3 Å². The minimum atomic E-state index is -0.500. The maximum absolute atomic E-state index is 12.1. The average molecular weight is 306 g/mol. The van der Waals surface area contributed by atoms with Crippen molar-refractivity contribution < 1.29 is 14.6 Å². The van der Waals surface area contributed by atoms with E-state index in [1.54, 1.807) is 4.90 Å². The topological polar surface area (TPSA) is 61.8 Å². The Morgan fingerprint density at radius 3 is 2.68 bits per heavy atom. The second-order valence-electron chi connectivity index (χ2n) is 6.76. The third-order valence-corrected chi connectivity index (χ3v) is 3.64. The molecule has 1 aliphatic heterocycles. The molecule has 1 aliphatic rings. The Morgan fingerprint density at radius 1 is 1.36 bits per heavy atom. The highest BCUT2D eigenvalue weighted by molar-refractivity contribution is 5.68. The van der Waals surface area contributed by atoms with Gasteiger partial charge in [0.25, 0.3) is 0 Å². The molecule has 1 amide bonds. The number of aliphatic hydroxyl groups excluding tert-OH is 1. The largest absolute Gasteiger partial charge is 0.444 e. The number of aliphatic hydroxyl groups is 1. The second kappa shape index (κ2) is 7.11. The molecule has 5 heteroatoms. The van der Waals surface area contributed by atoms with Crippen molar-refractivity contribution in [3.8, 4) is 0 Å². The molecule has 2 rings (SSSR count). The molecule has 5 nitrogen and oxygen atoms in total. The Hall–Kier alpha value is -1.59. The smallest absolute Gasteiger partial charge is 0.410 e. The molecule has 22 heavy (non-hydrogen) atoms. The van der Waals surface area contributed by atoms with E-state index in [1.165, 1.54) is 0 Å². The van der Waals surface area contributed by atoms with Crippen molar-refractivity contribution in [2.24, 2.45) is 0 Å². The van der Waals surface area contributed by atoms with Crippen molar-refractivity contribution in [3.05, 3.63) is 35.9 Å². The third kappa shape index (κ3) is 5.00. The number of carbonyl (C=O) groups is 1. The molecule has 122 valence electrons. The first kappa shape index (κ1) is 16.8. The van der Waals surface area contributed by atoms with E-state index < -0.39 is 11.7 Å². The van der Waals surface area contributed by atoms with E-state index in [0.717, 1.165) is 5.56 Å². The Kier molecular flexibility index (Phi) is 5.42. The highest BCUT2D eigenvalue weighted by Crippen LogP contribution is 2.16. The lowest BCUT2D eigenvalue weighted by molar-refractivity contribution is 0.000175.